The summed E-state index contributed by atoms with van der Waals surface area (Å²) in [6.45, 7) is 0.896. The van der Waals surface area contributed by atoms with E-state index in [0.29, 0.717) is 13.2 Å². The fourth-order valence-electron chi connectivity index (χ4n) is 1.68. The molecule has 1 heterocycles. The van der Waals surface area contributed by atoms with E-state index in [9.17, 15) is 4.79 Å². The highest BCUT2D eigenvalue weighted by Gasteiger charge is 2.02. The summed E-state index contributed by atoms with van der Waals surface area (Å²) < 4.78 is 5.08. The van der Waals surface area contributed by atoms with Crippen LogP contribution in [0.15, 0.2) is 42.7 Å². The third kappa shape index (κ3) is 4.83. The lowest BCUT2D eigenvalue weighted by molar-refractivity contribution is 0.144. The topological polar surface area (TPSA) is 67.0 Å². The van der Waals surface area contributed by atoms with Crippen LogP contribution in [0.2, 0.25) is 0 Å². The van der Waals surface area contributed by atoms with Crippen LogP contribution in [0.5, 0.6) is 0 Å². The lowest BCUT2D eigenvalue weighted by Crippen LogP contribution is -2.24. The van der Waals surface area contributed by atoms with E-state index < -0.39 is 0 Å². The first-order chi connectivity index (χ1) is 9.34. The van der Waals surface area contributed by atoms with Crippen molar-refractivity contribution < 1.29 is 9.53 Å². The van der Waals surface area contributed by atoms with Gasteiger partial charge in [-0.25, -0.2) is 4.79 Å². The zero-order chi connectivity index (χ0) is 13.3. The number of amides is 1. The van der Waals surface area contributed by atoms with E-state index in [0.717, 1.165) is 24.0 Å². The first-order valence-electron chi connectivity index (χ1n) is 6.27. The van der Waals surface area contributed by atoms with Crippen molar-refractivity contribution in [1.82, 2.24) is 15.5 Å². The second-order valence-corrected chi connectivity index (χ2v) is 4.19. The monoisotopic (exact) mass is 259 g/mol. The summed E-state index contributed by atoms with van der Waals surface area (Å²) in [5.74, 6) is 0. The number of carbonyl (C=O) groups is 1. The normalized spacial score (nSPS) is 10.1. The maximum atomic E-state index is 11.4. The Morgan fingerprint density at radius 3 is 2.84 bits per heavy atom. The quantitative estimate of drug-likeness (QED) is 0.782. The molecule has 0 aliphatic heterocycles. The van der Waals surface area contributed by atoms with Gasteiger partial charge in [-0.2, -0.15) is 5.10 Å². The SMILES string of the molecule is O=C(NCc1ccccc1)OCCCc1cn[nH]c1. The van der Waals surface area contributed by atoms with E-state index in [1.54, 1.807) is 6.20 Å². The van der Waals surface area contributed by atoms with Gasteiger partial charge in [-0.15, -0.1) is 0 Å². The molecule has 1 aromatic heterocycles. The molecule has 0 saturated carbocycles. The molecule has 1 amide bonds. The van der Waals surface area contributed by atoms with Crippen LogP contribution in [0.1, 0.15) is 17.5 Å². The Morgan fingerprint density at radius 2 is 2.11 bits per heavy atom. The fourth-order valence-corrected chi connectivity index (χ4v) is 1.68. The summed E-state index contributed by atoms with van der Waals surface area (Å²) in [4.78, 5) is 11.4. The molecule has 19 heavy (non-hydrogen) atoms. The highest BCUT2D eigenvalue weighted by Crippen LogP contribution is 2.00. The van der Waals surface area contributed by atoms with Gasteiger partial charge in [0.25, 0.3) is 0 Å². The van der Waals surface area contributed by atoms with Gasteiger partial charge in [-0.3, -0.25) is 5.10 Å². The van der Waals surface area contributed by atoms with Crippen LogP contribution >= 0.6 is 0 Å². The average Bonchev–Trinajstić information content (AvgIpc) is 2.96. The van der Waals surface area contributed by atoms with Crippen LogP contribution < -0.4 is 5.32 Å². The van der Waals surface area contributed by atoms with Crippen LogP contribution in [-0.2, 0) is 17.7 Å². The third-order valence-electron chi connectivity index (χ3n) is 2.68. The molecule has 0 saturated heterocycles. The summed E-state index contributed by atoms with van der Waals surface area (Å²) in [7, 11) is 0. The number of hydrogen-bond donors (Lipinski definition) is 2. The molecule has 0 unspecified atom stereocenters. The van der Waals surface area contributed by atoms with Gasteiger partial charge in [-0.05, 0) is 24.0 Å². The summed E-state index contributed by atoms with van der Waals surface area (Å²) in [6, 6.07) is 9.73. The Kier molecular flexibility index (Phi) is 4.98. The number of aromatic nitrogens is 2. The molecule has 0 aliphatic carbocycles. The van der Waals surface area contributed by atoms with Gasteiger partial charge in [0.05, 0.1) is 12.8 Å². The van der Waals surface area contributed by atoms with Crippen LogP contribution in [0.4, 0.5) is 4.79 Å². The molecule has 0 bridgehead atoms. The maximum absolute atomic E-state index is 11.4. The first kappa shape index (κ1) is 13.1. The molecular weight excluding hydrogens is 242 g/mol. The Hall–Kier alpha value is -2.30. The highest BCUT2D eigenvalue weighted by molar-refractivity contribution is 5.67. The van der Waals surface area contributed by atoms with Gasteiger partial charge in [0.1, 0.15) is 0 Å². The number of rotatable bonds is 6. The Balaban J connectivity index is 1.57. The van der Waals surface area contributed by atoms with Gasteiger partial charge in [0, 0.05) is 12.7 Å². The minimum Gasteiger partial charge on any atom is -0.450 e. The number of hydrogen-bond acceptors (Lipinski definition) is 3. The van der Waals surface area contributed by atoms with Crippen LogP contribution in [-0.4, -0.2) is 22.9 Å². The lowest BCUT2D eigenvalue weighted by Gasteiger charge is -2.06. The van der Waals surface area contributed by atoms with Crippen molar-refractivity contribution >= 4 is 6.09 Å². The Morgan fingerprint density at radius 1 is 1.26 bits per heavy atom. The van der Waals surface area contributed by atoms with Crippen molar-refractivity contribution in [3.63, 3.8) is 0 Å². The summed E-state index contributed by atoms with van der Waals surface area (Å²) in [5, 5.41) is 9.31. The smallest absolute Gasteiger partial charge is 0.407 e. The van der Waals surface area contributed by atoms with Gasteiger partial charge < -0.3 is 10.1 Å². The van der Waals surface area contributed by atoms with E-state index in [4.69, 9.17) is 4.74 Å². The molecule has 2 rings (SSSR count). The molecule has 0 aliphatic rings. The second kappa shape index (κ2) is 7.20. The van der Waals surface area contributed by atoms with E-state index in [1.807, 2.05) is 36.5 Å². The van der Waals surface area contributed by atoms with E-state index in [1.165, 1.54) is 0 Å². The fraction of sp³-hybridized carbons (Fsp3) is 0.286. The standard InChI is InChI=1S/C14H17N3O2/c18-14(15-9-12-5-2-1-3-6-12)19-8-4-7-13-10-16-17-11-13/h1-3,5-6,10-11H,4,7-9H2,(H,15,18)(H,16,17). The molecule has 5 heteroatoms. The highest BCUT2D eigenvalue weighted by atomic mass is 16.5. The summed E-state index contributed by atoms with van der Waals surface area (Å²) >= 11 is 0. The zero-order valence-corrected chi connectivity index (χ0v) is 10.6. The number of aromatic amines is 1. The van der Waals surface area contributed by atoms with Crippen molar-refractivity contribution in [3.05, 3.63) is 53.9 Å². The minimum atomic E-state index is -0.379. The number of benzene rings is 1. The van der Waals surface area contributed by atoms with Crippen molar-refractivity contribution in [1.29, 1.82) is 0 Å². The predicted octanol–water partition coefficient (Wildman–Crippen LogP) is 2.27. The van der Waals surface area contributed by atoms with E-state index >= 15 is 0 Å². The van der Waals surface area contributed by atoms with Crippen molar-refractivity contribution in [2.24, 2.45) is 0 Å². The molecule has 5 nitrogen and oxygen atoms in total. The average molecular weight is 259 g/mol. The molecule has 0 radical (unpaired) electrons. The largest absolute Gasteiger partial charge is 0.450 e. The van der Waals surface area contributed by atoms with Crippen molar-refractivity contribution in [2.45, 2.75) is 19.4 Å². The number of carbonyl (C=O) groups excluding carboxylic acids is 1. The Labute approximate surface area is 112 Å². The maximum Gasteiger partial charge on any atom is 0.407 e. The number of ether oxygens (including phenoxy) is 1. The molecule has 1 aromatic carbocycles. The predicted molar refractivity (Wildman–Crippen MR) is 71.5 cm³/mol. The molecule has 2 N–H and O–H groups in total. The van der Waals surface area contributed by atoms with Crippen molar-refractivity contribution in [2.75, 3.05) is 6.61 Å². The molecule has 0 spiro atoms. The van der Waals surface area contributed by atoms with Gasteiger partial charge in [-0.1, -0.05) is 30.3 Å². The minimum absolute atomic E-state index is 0.379. The molecule has 2 aromatic rings. The van der Waals surface area contributed by atoms with Crippen LogP contribution in [0.3, 0.4) is 0 Å². The summed E-state index contributed by atoms with van der Waals surface area (Å²) in [6.07, 6.45) is 4.88. The van der Waals surface area contributed by atoms with Gasteiger partial charge >= 0.3 is 6.09 Å². The van der Waals surface area contributed by atoms with Crippen molar-refractivity contribution in [3.8, 4) is 0 Å². The third-order valence-corrected chi connectivity index (χ3v) is 2.68. The molecular formula is C14H17N3O2. The number of alkyl carbamates (subject to hydrolysis) is 1. The zero-order valence-electron chi connectivity index (χ0n) is 10.6. The van der Waals surface area contributed by atoms with Gasteiger partial charge in [0.2, 0.25) is 0 Å². The Bertz CT molecular complexity index is 483. The molecule has 0 fully saturated rings. The number of H-pyrrole nitrogens is 1. The van der Waals surface area contributed by atoms with E-state index in [-0.39, 0.29) is 6.09 Å². The molecule has 0 atom stereocenters. The second-order valence-electron chi connectivity index (χ2n) is 4.19. The molecule has 100 valence electrons. The van der Waals surface area contributed by atoms with Crippen LogP contribution in [0, 0.1) is 0 Å². The first-order valence-corrected chi connectivity index (χ1v) is 6.27. The summed E-state index contributed by atoms with van der Waals surface area (Å²) in [5.41, 5.74) is 2.17. The number of aryl methyl sites for hydroxylation is 1. The number of nitrogens with zero attached hydrogens (tertiary/aromatic N) is 1. The van der Waals surface area contributed by atoms with Gasteiger partial charge in [0.15, 0.2) is 0 Å². The lowest BCUT2D eigenvalue weighted by atomic mass is 10.2. The van der Waals surface area contributed by atoms with E-state index in [2.05, 4.69) is 15.5 Å². The number of nitrogens with one attached hydrogen (secondary N) is 2. The van der Waals surface area contributed by atoms with Crippen LogP contribution in [0.25, 0.3) is 0 Å².